The van der Waals surface area contributed by atoms with Gasteiger partial charge in [-0.3, -0.25) is 13.6 Å². The first kappa shape index (κ1) is 20.1. The lowest BCUT2D eigenvalue weighted by Crippen LogP contribution is -2.23. The molecule has 0 heterocycles. The van der Waals surface area contributed by atoms with Crippen LogP contribution in [0.15, 0.2) is 0 Å². The molecule has 20 heavy (non-hydrogen) atoms. The highest BCUT2D eigenvalue weighted by molar-refractivity contribution is 7.47. The summed E-state index contributed by atoms with van der Waals surface area (Å²) in [7, 11) is -8.89. The first-order valence-corrected chi connectivity index (χ1v) is 8.79. The number of aliphatic hydroxyl groups is 1. The van der Waals surface area contributed by atoms with Crippen molar-refractivity contribution in [1.29, 1.82) is 0 Å². The van der Waals surface area contributed by atoms with Crippen molar-refractivity contribution in [2.24, 2.45) is 11.7 Å². The minimum absolute atomic E-state index is 0.0145. The van der Waals surface area contributed by atoms with Gasteiger partial charge in [-0.2, -0.15) is 0 Å². The molecule has 0 amide bonds. The van der Waals surface area contributed by atoms with Crippen molar-refractivity contribution in [2.45, 2.75) is 19.4 Å². The number of hydrogen-bond donors (Lipinski definition) is 5. The summed E-state index contributed by atoms with van der Waals surface area (Å²) in [5.74, 6) is -0.479. The zero-order chi connectivity index (χ0) is 15.8. The molecule has 122 valence electrons. The van der Waals surface area contributed by atoms with Gasteiger partial charge in [0.2, 0.25) is 0 Å². The Morgan fingerprint density at radius 1 is 1.20 bits per heavy atom. The lowest BCUT2D eigenvalue weighted by molar-refractivity contribution is 0.0781. The van der Waals surface area contributed by atoms with Crippen LogP contribution in [0.3, 0.4) is 0 Å². The minimum atomic E-state index is -4.57. The van der Waals surface area contributed by atoms with E-state index < -0.39 is 27.7 Å². The molecule has 3 atom stereocenters. The van der Waals surface area contributed by atoms with Gasteiger partial charge < -0.3 is 25.5 Å². The van der Waals surface area contributed by atoms with Crippen LogP contribution in [0, 0.1) is 5.92 Å². The van der Waals surface area contributed by atoms with E-state index in [-0.39, 0.29) is 32.8 Å². The summed E-state index contributed by atoms with van der Waals surface area (Å²) in [6, 6.07) is 0. The van der Waals surface area contributed by atoms with Crippen molar-refractivity contribution < 1.29 is 42.5 Å². The maximum atomic E-state index is 11.5. The van der Waals surface area contributed by atoms with Gasteiger partial charge in [-0.05, 0) is 19.9 Å². The standard InChI is InChI=1S/C8H21NO9P2/c1-7(2-3-16-19(11,12)13)18-20(14,15)17-6-8(4-9)5-10/h7-8,10H,2-6,9H2,1H3,(H,14,15)(H2,11,12,13). The predicted octanol–water partition coefficient (Wildman–Crippen LogP) is -0.425. The van der Waals surface area contributed by atoms with E-state index in [1.165, 1.54) is 6.92 Å². The molecular formula is C8H21NO9P2. The van der Waals surface area contributed by atoms with Crippen molar-refractivity contribution in [1.82, 2.24) is 0 Å². The van der Waals surface area contributed by atoms with Crippen molar-refractivity contribution in [3.8, 4) is 0 Å². The molecule has 0 saturated carbocycles. The molecule has 0 bridgehead atoms. The number of phosphoric ester groups is 2. The quantitative estimate of drug-likeness (QED) is 0.312. The van der Waals surface area contributed by atoms with Crippen LogP contribution in [0.5, 0.6) is 0 Å². The molecule has 10 nitrogen and oxygen atoms in total. The number of hydrogen-bond acceptors (Lipinski definition) is 7. The molecule has 0 rings (SSSR count). The largest absolute Gasteiger partial charge is 0.472 e. The molecule has 0 aromatic carbocycles. The molecule has 0 aliphatic heterocycles. The predicted molar refractivity (Wildman–Crippen MR) is 68.6 cm³/mol. The third kappa shape index (κ3) is 10.9. The van der Waals surface area contributed by atoms with Gasteiger partial charge in [0.25, 0.3) is 0 Å². The molecule has 0 aromatic heterocycles. The highest BCUT2D eigenvalue weighted by Crippen LogP contribution is 2.45. The van der Waals surface area contributed by atoms with E-state index in [0.717, 1.165) is 0 Å². The summed E-state index contributed by atoms with van der Waals surface area (Å²) < 4.78 is 35.5. The fourth-order valence-electron chi connectivity index (χ4n) is 1.04. The van der Waals surface area contributed by atoms with Crippen LogP contribution in [0.2, 0.25) is 0 Å². The summed E-state index contributed by atoms with van der Waals surface area (Å²) in [6.45, 7) is 0.631. The first-order chi connectivity index (χ1) is 9.09. The Morgan fingerprint density at radius 3 is 2.25 bits per heavy atom. The lowest BCUT2D eigenvalue weighted by atomic mass is 10.2. The molecule has 6 N–H and O–H groups in total. The Balaban J connectivity index is 4.05. The van der Waals surface area contributed by atoms with Gasteiger partial charge in [-0.15, -0.1) is 0 Å². The van der Waals surface area contributed by atoms with Crippen molar-refractivity contribution in [3.63, 3.8) is 0 Å². The second kappa shape index (κ2) is 9.22. The number of aliphatic hydroxyl groups excluding tert-OH is 1. The molecule has 12 heteroatoms. The van der Waals surface area contributed by atoms with Gasteiger partial charge >= 0.3 is 15.6 Å². The van der Waals surface area contributed by atoms with Gasteiger partial charge in [-0.25, -0.2) is 9.13 Å². The Labute approximate surface area is 116 Å². The van der Waals surface area contributed by atoms with E-state index >= 15 is 0 Å². The SMILES string of the molecule is CC(CCOP(=O)(O)O)OP(=O)(O)OCC(CN)CO. The number of nitrogens with two attached hydrogens (primary N) is 1. The molecule has 0 spiro atoms. The maximum absolute atomic E-state index is 11.5. The summed E-state index contributed by atoms with van der Waals surface area (Å²) in [6.07, 6.45) is -0.831. The van der Waals surface area contributed by atoms with Gasteiger partial charge in [0, 0.05) is 12.5 Å². The van der Waals surface area contributed by atoms with Crippen LogP contribution < -0.4 is 5.73 Å². The normalized spacial score (nSPS) is 18.5. The zero-order valence-corrected chi connectivity index (χ0v) is 12.8. The average molecular weight is 337 g/mol. The van der Waals surface area contributed by atoms with Crippen LogP contribution in [0.1, 0.15) is 13.3 Å². The third-order valence-electron chi connectivity index (χ3n) is 2.16. The van der Waals surface area contributed by atoms with Crippen molar-refractivity contribution in [3.05, 3.63) is 0 Å². The summed E-state index contributed by atoms with van der Waals surface area (Å²) in [5, 5.41) is 8.83. The average Bonchev–Trinajstić information content (AvgIpc) is 2.27. The monoisotopic (exact) mass is 337 g/mol. The van der Waals surface area contributed by atoms with E-state index in [9.17, 15) is 14.0 Å². The Kier molecular flexibility index (Phi) is 9.28. The van der Waals surface area contributed by atoms with Crippen LogP contribution in [0.4, 0.5) is 0 Å². The molecule has 0 fully saturated rings. The van der Waals surface area contributed by atoms with Gasteiger partial charge in [0.05, 0.1) is 19.3 Å². The van der Waals surface area contributed by atoms with E-state index in [2.05, 4.69) is 9.05 Å². The minimum Gasteiger partial charge on any atom is -0.396 e. The summed E-state index contributed by atoms with van der Waals surface area (Å²) in [4.78, 5) is 26.3. The molecular weight excluding hydrogens is 316 g/mol. The third-order valence-corrected chi connectivity index (χ3v) is 3.78. The number of phosphoric acid groups is 2. The molecule has 0 radical (unpaired) electrons. The van der Waals surface area contributed by atoms with E-state index in [4.69, 9.17) is 25.2 Å². The zero-order valence-electron chi connectivity index (χ0n) is 11.0. The fourth-order valence-corrected chi connectivity index (χ4v) is 2.41. The Morgan fingerprint density at radius 2 is 1.80 bits per heavy atom. The molecule has 0 aliphatic carbocycles. The summed E-state index contributed by atoms with van der Waals surface area (Å²) in [5.41, 5.74) is 5.28. The highest BCUT2D eigenvalue weighted by atomic mass is 31.2. The van der Waals surface area contributed by atoms with Gasteiger partial charge in [0.15, 0.2) is 0 Å². The highest BCUT2D eigenvalue weighted by Gasteiger charge is 2.26. The summed E-state index contributed by atoms with van der Waals surface area (Å²) >= 11 is 0. The second-order valence-electron chi connectivity index (χ2n) is 4.08. The van der Waals surface area contributed by atoms with E-state index in [1.807, 2.05) is 0 Å². The lowest BCUT2D eigenvalue weighted by Gasteiger charge is -2.19. The van der Waals surface area contributed by atoms with Gasteiger partial charge in [-0.1, -0.05) is 0 Å². The number of rotatable bonds is 11. The molecule has 0 aromatic rings. The molecule has 3 unspecified atom stereocenters. The maximum Gasteiger partial charge on any atom is 0.472 e. The first-order valence-electron chi connectivity index (χ1n) is 5.76. The van der Waals surface area contributed by atoms with Crippen molar-refractivity contribution >= 4 is 15.6 Å². The van der Waals surface area contributed by atoms with Crippen LogP contribution >= 0.6 is 15.6 Å². The Hall–Kier alpha value is 0.140. The smallest absolute Gasteiger partial charge is 0.396 e. The fraction of sp³-hybridized carbons (Fsp3) is 1.00. The van der Waals surface area contributed by atoms with Crippen molar-refractivity contribution in [2.75, 3.05) is 26.4 Å². The van der Waals surface area contributed by atoms with E-state index in [0.29, 0.717) is 0 Å². The molecule has 0 saturated heterocycles. The van der Waals surface area contributed by atoms with E-state index in [1.54, 1.807) is 0 Å². The van der Waals surface area contributed by atoms with Crippen LogP contribution in [0.25, 0.3) is 0 Å². The molecule has 0 aliphatic rings. The van der Waals surface area contributed by atoms with Crippen LogP contribution in [-0.4, -0.2) is 52.3 Å². The second-order valence-corrected chi connectivity index (χ2v) is 6.72. The topological polar surface area (TPSA) is 169 Å². The van der Waals surface area contributed by atoms with Crippen LogP contribution in [-0.2, 0) is 22.7 Å². The van der Waals surface area contributed by atoms with Gasteiger partial charge in [0.1, 0.15) is 0 Å². The Bertz CT molecular complexity index is 356.